The molecule has 0 spiro atoms. The number of ether oxygens (including phenoxy) is 1. The minimum absolute atomic E-state index is 0.137. The van der Waals surface area contributed by atoms with Crippen LogP contribution in [0.1, 0.15) is 39.0 Å². The number of hydrogen-bond acceptors (Lipinski definition) is 2. The van der Waals surface area contributed by atoms with Gasteiger partial charge in [0.25, 0.3) is 0 Å². The van der Waals surface area contributed by atoms with Gasteiger partial charge in [-0.3, -0.25) is 0 Å². The van der Waals surface area contributed by atoms with Crippen LogP contribution < -0.4 is 5.73 Å². The van der Waals surface area contributed by atoms with Crippen LogP contribution in [0.2, 0.25) is 0 Å². The summed E-state index contributed by atoms with van der Waals surface area (Å²) in [5, 5.41) is 0. The van der Waals surface area contributed by atoms with Crippen LogP contribution in [0.15, 0.2) is 0 Å². The van der Waals surface area contributed by atoms with Crippen molar-refractivity contribution in [2.75, 3.05) is 13.7 Å². The SMILES string of the molecule is COCCCC1(N)CCC(C)C1. The van der Waals surface area contributed by atoms with E-state index in [1.165, 1.54) is 19.3 Å². The third kappa shape index (κ3) is 2.76. The molecule has 0 aromatic rings. The molecule has 0 aliphatic heterocycles. The molecule has 0 amide bonds. The first-order chi connectivity index (χ1) is 5.66. The van der Waals surface area contributed by atoms with Crippen molar-refractivity contribution in [3.63, 3.8) is 0 Å². The molecule has 0 saturated heterocycles. The van der Waals surface area contributed by atoms with Gasteiger partial charge >= 0.3 is 0 Å². The predicted octanol–water partition coefficient (Wildman–Crippen LogP) is 1.93. The van der Waals surface area contributed by atoms with Crippen LogP contribution >= 0.6 is 0 Å². The second kappa shape index (κ2) is 4.24. The molecule has 2 heteroatoms. The predicted molar refractivity (Wildman–Crippen MR) is 51.0 cm³/mol. The lowest BCUT2D eigenvalue weighted by Crippen LogP contribution is -2.36. The molecule has 1 aliphatic carbocycles. The van der Waals surface area contributed by atoms with Crippen LogP contribution in [-0.4, -0.2) is 19.3 Å². The van der Waals surface area contributed by atoms with Crippen molar-refractivity contribution in [3.05, 3.63) is 0 Å². The molecule has 2 unspecified atom stereocenters. The van der Waals surface area contributed by atoms with Crippen molar-refractivity contribution in [2.45, 2.75) is 44.6 Å². The molecule has 0 aromatic carbocycles. The van der Waals surface area contributed by atoms with Gasteiger partial charge in [-0.25, -0.2) is 0 Å². The highest BCUT2D eigenvalue weighted by Crippen LogP contribution is 2.35. The Balaban J connectivity index is 2.21. The van der Waals surface area contributed by atoms with Crippen molar-refractivity contribution in [2.24, 2.45) is 11.7 Å². The maximum atomic E-state index is 6.23. The fraction of sp³-hybridized carbons (Fsp3) is 1.00. The van der Waals surface area contributed by atoms with Crippen molar-refractivity contribution < 1.29 is 4.74 Å². The molecule has 2 N–H and O–H groups in total. The van der Waals surface area contributed by atoms with Crippen molar-refractivity contribution in [3.8, 4) is 0 Å². The van der Waals surface area contributed by atoms with Gasteiger partial charge in [0.15, 0.2) is 0 Å². The Morgan fingerprint density at radius 2 is 2.33 bits per heavy atom. The van der Waals surface area contributed by atoms with Gasteiger partial charge < -0.3 is 10.5 Å². The maximum Gasteiger partial charge on any atom is 0.0462 e. The summed E-state index contributed by atoms with van der Waals surface area (Å²) in [7, 11) is 1.75. The Labute approximate surface area is 75.5 Å². The summed E-state index contributed by atoms with van der Waals surface area (Å²) in [4.78, 5) is 0. The molecule has 0 aromatic heterocycles. The summed E-state index contributed by atoms with van der Waals surface area (Å²) in [5.74, 6) is 0.831. The van der Waals surface area contributed by atoms with E-state index in [2.05, 4.69) is 6.92 Å². The summed E-state index contributed by atoms with van der Waals surface area (Å²) in [5.41, 5.74) is 6.37. The Morgan fingerprint density at radius 1 is 1.58 bits per heavy atom. The smallest absolute Gasteiger partial charge is 0.0462 e. The lowest BCUT2D eigenvalue weighted by molar-refractivity contribution is 0.182. The van der Waals surface area contributed by atoms with Gasteiger partial charge in [0.05, 0.1) is 0 Å². The molecule has 0 radical (unpaired) electrons. The van der Waals surface area contributed by atoms with Gasteiger partial charge in [0.1, 0.15) is 0 Å². The van der Waals surface area contributed by atoms with Gasteiger partial charge in [0, 0.05) is 19.3 Å². The van der Waals surface area contributed by atoms with Crippen LogP contribution in [0, 0.1) is 5.92 Å². The average Bonchev–Trinajstić information content (AvgIpc) is 2.32. The van der Waals surface area contributed by atoms with Crippen molar-refractivity contribution >= 4 is 0 Å². The monoisotopic (exact) mass is 171 g/mol. The van der Waals surface area contributed by atoms with Gasteiger partial charge in [-0.05, 0) is 38.0 Å². The summed E-state index contributed by atoms with van der Waals surface area (Å²) in [6.07, 6.45) is 5.96. The highest BCUT2D eigenvalue weighted by molar-refractivity contribution is 4.91. The Bertz CT molecular complexity index is 138. The molecule has 0 bridgehead atoms. The number of hydrogen-bond donors (Lipinski definition) is 1. The highest BCUT2D eigenvalue weighted by Gasteiger charge is 2.32. The van der Waals surface area contributed by atoms with E-state index in [0.717, 1.165) is 25.4 Å². The zero-order valence-electron chi connectivity index (χ0n) is 8.31. The van der Waals surface area contributed by atoms with E-state index in [0.29, 0.717) is 0 Å². The molecular weight excluding hydrogens is 150 g/mol. The van der Waals surface area contributed by atoms with Crippen LogP contribution in [0.4, 0.5) is 0 Å². The summed E-state index contributed by atoms with van der Waals surface area (Å²) < 4.78 is 5.02. The molecule has 2 atom stereocenters. The first-order valence-corrected chi connectivity index (χ1v) is 4.94. The fourth-order valence-electron chi connectivity index (χ4n) is 2.23. The third-order valence-electron chi connectivity index (χ3n) is 2.91. The normalized spacial score (nSPS) is 35.8. The van der Waals surface area contributed by atoms with E-state index in [4.69, 9.17) is 10.5 Å². The van der Waals surface area contributed by atoms with E-state index in [-0.39, 0.29) is 5.54 Å². The summed E-state index contributed by atoms with van der Waals surface area (Å²) in [6.45, 7) is 3.15. The van der Waals surface area contributed by atoms with Crippen molar-refractivity contribution in [1.29, 1.82) is 0 Å². The number of rotatable bonds is 4. The Kier molecular flexibility index (Phi) is 3.53. The minimum Gasteiger partial charge on any atom is -0.385 e. The molecule has 72 valence electrons. The molecule has 1 fully saturated rings. The third-order valence-corrected chi connectivity index (χ3v) is 2.91. The van der Waals surface area contributed by atoms with E-state index in [1.54, 1.807) is 7.11 Å². The molecule has 1 rings (SSSR count). The van der Waals surface area contributed by atoms with Gasteiger partial charge in [0.2, 0.25) is 0 Å². The second-order valence-corrected chi connectivity index (χ2v) is 4.31. The zero-order chi connectivity index (χ0) is 9.03. The Hall–Kier alpha value is -0.0800. The van der Waals surface area contributed by atoms with Gasteiger partial charge in [-0.2, -0.15) is 0 Å². The lowest BCUT2D eigenvalue weighted by atomic mass is 9.92. The number of nitrogens with two attached hydrogens (primary N) is 1. The molecule has 12 heavy (non-hydrogen) atoms. The Morgan fingerprint density at radius 3 is 2.83 bits per heavy atom. The van der Waals surface area contributed by atoms with Crippen LogP contribution in [0.3, 0.4) is 0 Å². The molecule has 1 saturated carbocycles. The second-order valence-electron chi connectivity index (χ2n) is 4.31. The van der Waals surface area contributed by atoms with Crippen LogP contribution in [0.25, 0.3) is 0 Å². The van der Waals surface area contributed by atoms with Gasteiger partial charge in [-0.1, -0.05) is 6.92 Å². The van der Waals surface area contributed by atoms with Crippen molar-refractivity contribution in [1.82, 2.24) is 0 Å². The van der Waals surface area contributed by atoms with E-state index >= 15 is 0 Å². The zero-order valence-corrected chi connectivity index (χ0v) is 8.31. The molecule has 0 heterocycles. The molecule has 2 nitrogen and oxygen atoms in total. The highest BCUT2D eigenvalue weighted by atomic mass is 16.5. The van der Waals surface area contributed by atoms with E-state index < -0.39 is 0 Å². The summed E-state index contributed by atoms with van der Waals surface area (Å²) in [6, 6.07) is 0. The minimum atomic E-state index is 0.137. The fourth-order valence-corrected chi connectivity index (χ4v) is 2.23. The first-order valence-electron chi connectivity index (χ1n) is 4.94. The largest absolute Gasteiger partial charge is 0.385 e. The quantitative estimate of drug-likeness (QED) is 0.656. The van der Waals surface area contributed by atoms with E-state index in [9.17, 15) is 0 Å². The standard InChI is InChI=1S/C10H21NO/c1-9-4-6-10(11,8-9)5-3-7-12-2/h9H,3-8,11H2,1-2H3. The van der Waals surface area contributed by atoms with Gasteiger partial charge in [-0.15, -0.1) is 0 Å². The molecular formula is C10H21NO. The number of methoxy groups -OCH3 is 1. The van der Waals surface area contributed by atoms with E-state index in [1.807, 2.05) is 0 Å². The van der Waals surface area contributed by atoms with Crippen LogP contribution in [-0.2, 0) is 4.74 Å². The molecule has 1 aliphatic rings. The topological polar surface area (TPSA) is 35.2 Å². The first kappa shape index (κ1) is 10.0. The lowest BCUT2D eigenvalue weighted by Gasteiger charge is -2.23. The van der Waals surface area contributed by atoms with Crippen LogP contribution in [0.5, 0.6) is 0 Å². The maximum absolute atomic E-state index is 6.23. The summed E-state index contributed by atoms with van der Waals surface area (Å²) >= 11 is 0. The average molecular weight is 171 g/mol.